The van der Waals surface area contributed by atoms with Gasteiger partial charge in [0.2, 0.25) is 0 Å². The molecule has 1 aliphatic heterocycles. The maximum absolute atomic E-state index is 12.5. The molecule has 26 heavy (non-hydrogen) atoms. The van der Waals surface area contributed by atoms with Gasteiger partial charge in [0.25, 0.3) is 5.91 Å². The van der Waals surface area contributed by atoms with Gasteiger partial charge in [-0.1, -0.05) is 29.8 Å². The van der Waals surface area contributed by atoms with Crippen LogP contribution in [0.3, 0.4) is 0 Å². The number of likely N-dealkylation sites (N-methyl/N-ethyl adjacent to an activating group) is 1. The van der Waals surface area contributed by atoms with Gasteiger partial charge in [-0.05, 0) is 49.2 Å². The molecule has 0 bridgehead atoms. The van der Waals surface area contributed by atoms with E-state index in [-0.39, 0.29) is 12.5 Å². The van der Waals surface area contributed by atoms with Gasteiger partial charge >= 0.3 is 5.97 Å². The van der Waals surface area contributed by atoms with Crippen molar-refractivity contribution in [2.75, 3.05) is 18.6 Å². The molecule has 136 valence electrons. The van der Waals surface area contributed by atoms with Gasteiger partial charge in [-0.2, -0.15) is 0 Å². The Bertz CT molecular complexity index is 809. The van der Waals surface area contributed by atoms with Crippen molar-refractivity contribution in [3.63, 3.8) is 0 Å². The average molecular weight is 374 g/mol. The largest absolute Gasteiger partial charge is 0.492 e. The summed E-state index contributed by atoms with van der Waals surface area (Å²) in [4.78, 5) is 26.4. The summed E-state index contributed by atoms with van der Waals surface area (Å²) in [6.45, 7) is 1.80. The molecule has 1 amide bonds. The van der Waals surface area contributed by atoms with Crippen LogP contribution in [-0.4, -0.2) is 31.6 Å². The van der Waals surface area contributed by atoms with Gasteiger partial charge in [-0.15, -0.1) is 0 Å². The monoisotopic (exact) mass is 373 g/mol. The highest BCUT2D eigenvalue weighted by atomic mass is 35.5. The molecule has 3 rings (SSSR count). The topological polar surface area (TPSA) is 55.8 Å². The minimum absolute atomic E-state index is 0.225. The summed E-state index contributed by atoms with van der Waals surface area (Å²) in [5.41, 5.74) is 1.61. The van der Waals surface area contributed by atoms with E-state index >= 15 is 0 Å². The second-order valence-electron chi connectivity index (χ2n) is 6.28. The molecule has 1 aliphatic rings. The van der Waals surface area contributed by atoms with Gasteiger partial charge in [0.05, 0.1) is 5.92 Å². The summed E-state index contributed by atoms with van der Waals surface area (Å²) < 4.78 is 11.0. The predicted molar refractivity (Wildman–Crippen MR) is 99.5 cm³/mol. The van der Waals surface area contributed by atoms with Crippen LogP contribution in [0, 0.1) is 5.92 Å². The van der Waals surface area contributed by atoms with E-state index in [4.69, 9.17) is 21.1 Å². The van der Waals surface area contributed by atoms with Crippen LogP contribution in [0.4, 0.5) is 5.69 Å². The van der Waals surface area contributed by atoms with Crippen LogP contribution in [0.15, 0.2) is 48.5 Å². The van der Waals surface area contributed by atoms with Crippen molar-refractivity contribution >= 4 is 29.2 Å². The number of carbonyl (C=O) groups is 2. The molecule has 0 saturated heterocycles. The molecule has 0 saturated carbocycles. The molecule has 1 heterocycles. The lowest BCUT2D eigenvalue weighted by Gasteiger charge is -2.26. The summed E-state index contributed by atoms with van der Waals surface area (Å²) in [6, 6.07) is 14.5. The first kappa shape index (κ1) is 18.3. The number of hydrogen-bond acceptors (Lipinski definition) is 4. The number of anilines is 1. The fourth-order valence-electron chi connectivity index (χ4n) is 2.89. The van der Waals surface area contributed by atoms with Gasteiger partial charge in [-0.3, -0.25) is 9.59 Å². The Hall–Kier alpha value is -2.53. The van der Waals surface area contributed by atoms with Crippen LogP contribution >= 0.6 is 11.6 Å². The molecule has 0 aromatic heterocycles. The first-order valence-corrected chi connectivity index (χ1v) is 8.78. The minimum atomic E-state index is -0.881. The van der Waals surface area contributed by atoms with Crippen LogP contribution < -0.4 is 9.64 Å². The Labute approximate surface area is 157 Å². The quantitative estimate of drug-likeness (QED) is 0.770. The molecule has 0 spiro atoms. The predicted octanol–water partition coefficient (Wildman–Crippen LogP) is 3.49. The number of amides is 1. The number of hydrogen-bond donors (Lipinski definition) is 0. The Morgan fingerprint density at radius 3 is 2.69 bits per heavy atom. The van der Waals surface area contributed by atoms with Gasteiger partial charge in [0.1, 0.15) is 12.4 Å². The van der Waals surface area contributed by atoms with Gasteiger partial charge in [-0.25, -0.2) is 0 Å². The molecule has 0 unspecified atom stereocenters. The van der Waals surface area contributed by atoms with E-state index in [1.165, 1.54) is 4.90 Å². The van der Waals surface area contributed by atoms with Crippen molar-refractivity contribution in [2.45, 2.75) is 19.4 Å². The standard InChI is InChI=1S/C20H20ClNO4/c1-13(19(23)22(2)17-6-4-3-5-7-17)26-20(24)15-10-14-11-16(21)8-9-18(14)25-12-15/h3-9,11,13,15H,10,12H2,1-2H3/t13-,15-/m0/s1. The smallest absolute Gasteiger partial charge is 0.313 e. The van der Waals surface area contributed by atoms with E-state index in [0.29, 0.717) is 11.4 Å². The zero-order chi connectivity index (χ0) is 18.7. The number of rotatable bonds is 4. The molecule has 6 heteroatoms. The van der Waals surface area contributed by atoms with Crippen LogP contribution in [0.2, 0.25) is 5.02 Å². The SMILES string of the molecule is C[C@H](OC(=O)[C@@H]1COc2ccc(Cl)cc2C1)C(=O)N(C)c1ccccc1. The summed E-state index contributed by atoms with van der Waals surface area (Å²) in [5, 5.41) is 0.592. The number of esters is 1. The molecule has 2 atom stereocenters. The third-order valence-electron chi connectivity index (χ3n) is 4.38. The van der Waals surface area contributed by atoms with Gasteiger partial charge < -0.3 is 14.4 Å². The highest BCUT2D eigenvalue weighted by molar-refractivity contribution is 6.30. The third kappa shape index (κ3) is 3.99. The Morgan fingerprint density at radius 1 is 1.23 bits per heavy atom. The highest BCUT2D eigenvalue weighted by Crippen LogP contribution is 2.30. The number of carbonyl (C=O) groups excluding carboxylic acids is 2. The summed E-state index contributed by atoms with van der Waals surface area (Å²) >= 11 is 6.00. The lowest BCUT2D eigenvalue weighted by atomic mass is 9.97. The van der Waals surface area contributed by atoms with Gasteiger partial charge in [0.15, 0.2) is 6.10 Å². The van der Waals surface area contributed by atoms with Crippen LogP contribution in [0.5, 0.6) is 5.75 Å². The van der Waals surface area contributed by atoms with Crippen molar-refractivity contribution in [3.8, 4) is 5.75 Å². The Balaban J connectivity index is 1.62. The maximum atomic E-state index is 12.5. The highest BCUT2D eigenvalue weighted by Gasteiger charge is 2.31. The van der Waals surface area contributed by atoms with Crippen molar-refractivity contribution in [1.29, 1.82) is 0 Å². The van der Waals surface area contributed by atoms with E-state index in [1.54, 1.807) is 32.2 Å². The number of nitrogens with zero attached hydrogens (tertiary/aromatic N) is 1. The Morgan fingerprint density at radius 2 is 1.96 bits per heavy atom. The van der Waals surface area contributed by atoms with Crippen LogP contribution in [0.1, 0.15) is 12.5 Å². The first-order chi connectivity index (χ1) is 12.5. The lowest BCUT2D eigenvalue weighted by molar-refractivity contribution is -0.159. The van der Waals surface area contributed by atoms with Crippen LogP contribution in [-0.2, 0) is 20.7 Å². The molecular formula is C20H20ClNO4. The van der Waals surface area contributed by atoms with E-state index in [2.05, 4.69) is 0 Å². The number of fused-ring (bicyclic) bond motifs is 1. The maximum Gasteiger partial charge on any atom is 0.313 e. The second kappa shape index (κ2) is 7.79. The van der Waals surface area contributed by atoms with Crippen molar-refractivity contribution in [2.24, 2.45) is 5.92 Å². The summed E-state index contributed by atoms with van der Waals surface area (Å²) in [7, 11) is 1.66. The minimum Gasteiger partial charge on any atom is -0.492 e. The zero-order valence-corrected chi connectivity index (χ0v) is 15.4. The number of ether oxygens (including phenoxy) is 2. The fourth-order valence-corrected chi connectivity index (χ4v) is 3.08. The number of para-hydroxylation sites is 1. The molecule has 0 aliphatic carbocycles. The van der Waals surface area contributed by atoms with Gasteiger partial charge in [0, 0.05) is 17.8 Å². The first-order valence-electron chi connectivity index (χ1n) is 8.40. The summed E-state index contributed by atoms with van der Waals surface area (Å²) in [6.07, 6.45) is -0.405. The average Bonchev–Trinajstić information content (AvgIpc) is 2.66. The zero-order valence-electron chi connectivity index (χ0n) is 14.6. The van der Waals surface area contributed by atoms with Crippen molar-refractivity contribution in [3.05, 3.63) is 59.1 Å². The molecule has 0 N–H and O–H groups in total. The Kier molecular flexibility index (Phi) is 5.47. The van der Waals surface area contributed by atoms with Crippen molar-refractivity contribution < 1.29 is 19.1 Å². The molecule has 0 fully saturated rings. The van der Waals surface area contributed by atoms with E-state index in [0.717, 1.165) is 17.0 Å². The normalized spacial score (nSPS) is 16.8. The molecule has 0 radical (unpaired) electrons. The number of halogens is 1. The lowest BCUT2D eigenvalue weighted by Crippen LogP contribution is -2.40. The molecule has 5 nitrogen and oxygen atoms in total. The molecule has 2 aromatic carbocycles. The molecule has 2 aromatic rings. The van der Waals surface area contributed by atoms with E-state index in [9.17, 15) is 9.59 Å². The van der Waals surface area contributed by atoms with Crippen LogP contribution in [0.25, 0.3) is 0 Å². The molecular weight excluding hydrogens is 354 g/mol. The second-order valence-corrected chi connectivity index (χ2v) is 6.71. The third-order valence-corrected chi connectivity index (χ3v) is 4.61. The number of benzene rings is 2. The van der Waals surface area contributed by atoms with E-state index < -0.39 is 18.0 Å². The summed E-state index contributed by atoms with van der Waals surface area (Å²) in [5.74, 6) is -0.465. The van der Waals surface area contributed by atoms with Crippen molar-refractivity contribution in [1.82, 2.24) is 0 Å². The fraction of sp³-hybridized carbons (Fsp3) is 0.300. The van der Waals surface area contributed by atoms with E-state index in [1.807, 2.05) is 30.3 Å².